The fourth-order valence-corrected chi connectivity index (χ4v) is 1.27. The molecule has 0 amide bonds. The van der Waals surface area contributed by atoms with Crippen LogP contribution < -0.4 is 5.73 Å². The predicted molar refractivity (Wildman–Crippen MR) is 57.3 cm³/mol. The molecule has 0 aliphatic heterocycles. The van der Waals surface area contributed by atoms with E-state index in [9.17, 15) is 0 Å². The van der Waals surface area contributed by atoms with Gasteiger partial charge in [0.15, 0.2) is 5.82 Å². The van der Waals surface area contributed by atoms with Crippen molar-refractivity contribution in [3.05, 3.63) is 24.7 Å². The normalized spacial score (nSPS) is 10.6. The number of nitrogens with one attached hydrogen (secondary N) is 1. The van der Waals surface area contributed by atoms with Gasteiger partial charge in [0.2, 0.25) is 5.82 Å². The molecule has 84 valence electrons. The van der Waals surface area contributed by atoms with E-state index < -0.39 is 0 Å². The van der Waals surface area contributed by atoms with E-state index in [1.165, 1.54) is 12.5 Å². The van der Waals surface area contributed by atoms with Crippen molar-refractivity contribution < 1.29 is 4.52 Å². The third-order valence-corrected chi connectivity index (χ3v) is 2.06. The zero-order chi connectivity index (χ0) is 11.7. The number of rotatable bonds is 2. The lowest BCUT2D eigenvalue weighted by Crippen LogP contribution is -1.88. The first-order valence-corrected chi connectivity index (χ1v) is 4.74. The van der Waals surface area contributed by atoms with Gasteiger partial charge in [-0.15, -0.1) is 0 Å². The Morgan fingerprint density at radius 1 is 1.24 bits per heavy atom. The first-order valence-electron chi connectivity index (χ1n) is 4.74. The lowest BCUT2D eigenvalue weighted by atomic mass is 10.3. The van der Waals surface area contributed by atoms with Crippen LogP contribution in [0.25, 0.3) is 23.2 Å². The fraction of sp³-hybridized carbons (Fsp3) is 0. The Morgan fingerprint density at radius 2 is 2.18 bits per heavy atom. The number of hydrogen-bond acceptors (Lipinski definition) is 7. The van der Waals surface area contributed by atoms with Crippen LogP contribution >= 0.6 is 0 Å². The van der Waals surface area contributed by atoms with Crippen molar-refractivity contribution in [3.8, 4) is 23.2 Å². The van der Waals surface area contributed by atoms with Gasteiger partial charge in [-0.3, -0.25) is 5.10 Å². The summed E-state index contributed by atoms with van der Waals surface area (Å²) in [5.41, 5.74) is 6.66. The third-order valence-electron chi connectivity index (χ3n) is 2.06. The van der Waals surface area contributed by atoms with Gasteiger partial charge in [0.25, 0.3) is 5.89 Å². The van der Waals surface area contributed by atoms with Gasteiger partial charge in [-0.1, -0.05) is 5.16 Å². The number of nitrogens with two attached hydrogens (primary N) is 1. The van der Waals surface area contributed by atoms with E-state index in [0.717, 1.165) is 0 Å². The van der Waals surface area contributed by atoms with Gasteiger partial charge in [0.1, 0.15) is 12.0 Å². The van der Waals surface area contributed by atoms with Crippen LogP contribution in [-0.4, -0.2) is 30.3 Å². The summed E-state index contributed by atoms with van der Waals surface area (Å²) in [4.78, 5) is 12.1. The monoisotopic (exact) mass is 229 g/mol. The summed E-state index contributed by atoms with van der Waals surface area (Å²) >= 11 is 0. The minimum atomic E-state index is 0.302. The molecule has 0 saturated heterocycles. The van der Waals surface area contributed by atoms with E-state index in [1.54, 1.807) is 12.1 Å². The number of H-pyrrole nitrogens is 1. The Morgan fingerprint density at radius 3 is 2.88 bits per heavy atom. The van der Waals surface area contributed by atoms with E-state index in [0.29, 0.717) is 28.9 Å². The average molecular weight is 229 g/mol. The molecule has 3 aromatic heterocycles. The Bertz CT molecular complexity index is 613. The van der Waals surface area contributed by atoms with Crippen molar-refractivity contribution >= 4 is 5.69 Å². The largest absolute Gasteiger partial charge is 0.397 e. The Labute approximate surface area is 94.9 Å². The minimum absolute atomic E-state index is 0.302. The minimum Gasteiger partial charge on any atom is -0.397 e. The summed E-state index contributed by atoms with van der Waals surface area (Å²) in [6.07, 6.45) is 2.89. The quantitative estimate of drug-likeness (QED) is 0.656. The molecule has 0 spiro atoms. The molecule has 0 unspecified atom stereocenters. The second kappa shape index (κ2) is 3.67. The van der Waals surface area contributed by atoms with Crippen LogP contribution in [0.3, 0.4) is 0 Å². The van der Waals surface area contributed by atoms with Crippen LogP contribution in [0.5, 0.6) is 0 Å². The highest BCUT2D eigenvalue weighted by molar-refractivity contribution is 5.53. The maximum atomic E-state index is 5.53. The molecule has 0 aromatic carbocycles. The Kier molecular flexibility index (Phi) is 2.04. The molecule has 3 heterocycles. The molecule has 0 aliphatic carbocycles. The van der Waals surface area contributed by atoms with E-state index >= 15 is 0 Å². The van der Waals surface area contributed by atoms with Gasteiger partial charge in [0.05, 0.1) is 11.9 Å². The van der Waals surface area contributed by atoms with E-state index in [1.807, 2.05) is 0 Å². The number of aromatic amines is 1. The molecule has 0 bridgehead atoms. The van der Waals surface area contributed by atoms with E-state index in [2.05, 4.69) is 30.3 Å². The van der Waals surface area contributed by atoms with E-state index in [4.69, 9.17) is 10.3 Å². The lowest BCUT2D eigenvalue weighted by Gasteiger charge is -1.93. The van der Waals surface area contributed by atoms with Gasteiger partial charge in [-0.25, -0.2) is 9.97 Å². The second-order valence-corrected chi connectivity index (χ2v) is 3.23. The van der Waals surface area contributed by atoms with Crippen LogP contribution in [0.1, 0.15) is 0 Å². The first-order chi connectivity index (χ1) is 8.33. The zero-order valence-electron chi connectivity index (χ0n) is 8.53. The maximum Gasteiger partial charge on any atom is 0.276 e. The summed E-state index contributed by atoms with van der Waals surface area (Å²) in [7, 11) is 0. The second-order valence-electron chi connectivity index (χ2n) is 3.23. The lowest BCUT2D eigenvalue weighted by molar-refractivity contribution is 0.430. The number of hydrogen-bond donors (Lipinski definition) is 2. The number of anilines is 1. The first kappa shape index (κ1) is 9.46. The molecule has 0 atom stereocenters. The summed E-state index contributed by atoms with van der Waals surface area (Å²) < 4.78 is 5.06. The van der Waals surface area contributed by atoms with Crippen molar-refractivity contribution in [3.63, 3.8) is 0 Å². The molecule has 0 saturated carbocycles. The molecular formula is C9H7N7O. The summed E-state index contributed by atoms with van der Waals surface area (Å²) in [5, 5.41) is 10.1. The highest BCUT2D eigenvalue weighted by Crippen LogP contribution is 2.18. The molecule has 3 aromatic rings. The molecule has 17 heavy (non-hydrogen) atoms. The van der Waals surface area contributed by atoms with Crippen molar-refractivity contribution in [1.82, 2.24) is 30.3 Å². The van der Waals surface area contributed by atoms with Crippen molar-refractivity contribution in [2.24, 2.45) is 0 Å². The number of nitrogen functional groups attached to an aromatic ring is 1. The zero-order valence-corrected chi connectivity index (χ0v) is 8.53. The topological polar surface area (TPSA) is 119 Å². The molecule has 3 rings (SSSR count). The highest BCUT2D eigenvalue weighted by Gasteiger charge is 2.13. The SMILES string of the molecule is Nc1ccc(-c2nc(-c3ncn[nH]3)no2)nc1. The van der Waals surface area contributed by atoms with Gasteiger partial charge in [-0.2, -0.15) is 10.1 Å². The molecule has 0 aliphatic rings. The Hall–Kier alpha value is -2.77. The van der Waals surface area contributed by atoms with Crippen LogP contribution in [0.15, 0.2) is 29.2 Å². The Balaban J connectivity index is 1.98. The van der Waals surface area contributed by atoms with Crippen molar-refractivity contribution in [2.45, 2.75) is 0 Å². The summed E-state index contributed by atoms with van der Waals surface area (Å²) in [6.45, 7) is 0. The number of nitrogens with zero attached hydrogens (tertiary/aromatic N) is 5. The highest BCUT2D eigenvalue weighted by atomic mass is 16.5. The van der Waals surface area contributed by atoms with Gasteiger partial charge in [-0.05, 0) is 12.1 Å². The standard InChI is InChI=1S/C9H7N7O/c10-5-1-2-6(11-3-5)9-14-8(16-17-9)7-12-4-13-15-7/h1-4H,10H2,(H,12,13,15). The van der Waals surface area contributed by atoms with Crippen molar-refractivity contribution in [2.75, 3.05) is 5.73 Å². The molecule has 8 nitrogen and oxygen atoms in total. The van der Waals surface area contributed by atoms with E-state index in [-0.39, 0.29) is 0 Å². The van der Waals surface area contributed by atoms with Crippen LogP contribution in [0, 0.1) is 0 Å². The average Bonchev–Trinajstić information content (AvgIpc) is 3.00. The number of pyridine rings is 1. The van der Waals surface area contributed by atoms with Crippen molar-refractivity contribution in [1.29, 1.82) is 0 Å². The van der Waals surface area contributed by atoms with Crippen LogP contribution in [0.2, 0.25) is 0 Å². The van der Waals surface area contributed by atoms with Gasteiger partial charge in [0, 0.05) is 0 Å². The third kappa shape index (κ3) is 1.71. The van der Waals surface area contributed by atoms with Crippen LogP contribution in [-0.2, 0) is 0 Å². The molecule has 0 fully saturated rings. The van der Waals surface area contributed by atoms with Gasteiger partial charge < -0.3 is 10.3 Å². The molecular weight excluding hydrogens is 222 g/mol. The molecule has 8 heteroatoms. The summed E-state index contributed by atoms with van der Waals surface area (Å²) in [5.74, 6) is 1.07. The maximum absolute atomic E-state index is 5.53. The van der Waals surface area contributed by atoms with Crippen LogP contribution in [0.4, 0.5) is 5.69 Å². The molecule has 3 N–H and O–H groups in total. The molecule has 0 radical (unpaired) electrons. The summed E-state index contributed by atoms with van der Waals surface area (Å²) in [6, 6.07) is 3.41. The number of aromatic nitrogens is 6. The fourth-order valence-electron chi connectivity index (χ4n) is 1.27. The smallest absolute Gasteiger partial charge is 0.276 e. The van der Waals surface area contributed by atoms with Gasteiger partial charge >= 0.3 is 0 Å². The predicted octanol–water partition coefficient (Wildman–Crippen LogP) is 0.499.